The predicted molar refractivity (Wildman–Crippen MR) is 104 cm³/mol. The summed E-state index contributed by atoms with van der Waals surface area (Å²) in [5.74, 6) is 0.256. The Labute approximate surface area is 157 Å². The average Bonchev–Trinajstić information content (AvgIpc) is 3.04. The van der Waals surface area contributed by atoms with Crippen LogP contribution in [0.4, 0.5) is 5.69 Å². The number of thiophene rings is 1. The van der Waals surface area contributed by atoms with Crippen LogP contribution >= 0.6 is 11.3 Å². The lowest BCUT2D eigenvalue weighted by molar-refractivity contribution is -0.111. The Hall–Kier alpha value is -2.80. The second-order valence-electron chi connectivity index (χ2n) is 5.72. The Bertz CT molecular complexity index is 840. The predicted octanol–water partition coefficient (Wildman–Crippen LogP) is 3.43. The molecule has 0 aliphatic rings. The summed E-state index contributed by atoms with van der Waals surface area (Å²) in [5.41, 5.74) is 0.680. The van der Waals surface area contributed by atoms with Gasteiger partial charge in [0.1, 0.15) is 0 Å². The Balaban J connectivity index is 2.32. The smallest absolute Gasteiger partial charge is 0.255 e. The molecule has 0 fully saturated rings. The number of benzene rings is 1. The molecule has 26 heavy (non-hydrogen) atoms. The van der Waals surface area contributed by atoms with Gasteiger partial charge in [0.2, 0.25) is 5.91 Å². The van der Waals surface area contributed by atoms with Crippen LogP contribution in [0.1, 0.15) is 20.1 Å². The summed E-state index contributed by atoms with van der Waals surface area (Å²) >= 11 is 1.59. The molecular formula is C19H22N2O4S. The first-order valence-corrected chi connectivity index (χ1v) is 8.70. The van der Waals surface area contributed by atoms with Gasteiger partial charge in [-0.15, -0.1) is 11.3 Å². The molecule has 2 rings (SSSR count). The van der Waals surface area contributed by atoms with E-state index in [1.165, 1.54) is 30.1 Å². The number of ether oxygens (including phenoxy) is 2. The van der Waals surface area contributed by atoms with Gasteiger partial charge in [-0.1, -0.05) is 0 Å². The highest BCUT2D eigenvalue weighted by atomic mass is 32.1. The molecule has 2 aromatic rings. The van der Waals surface area contributed by atoms with E-state index < -0.39 is 0 Å². The number of carbonyl (C=O) groups is 2. The number of nitrogens with zero attached hydrogens (tertiary/aromatic N) is 1. The first-order chi connectivity index (χ1) is 12.3. The molecule has 1 N–H and O–H groups in total. The fourth-order valence-electron chi connectivity index (χ4n) is 2.28. The van der Waals surface area contributed by atoms with Crippen LogP contribution in [-0.2, 0) is 4.79 Å². The molecule has 138 valence electrons. The molecule has 0 radical (unpaired) electrons. The second kappa shape index (κ2) is 8.53. The maximum atomic E-state index is 12.5. The van der Waals surface area contributed by atoms with E-state index in [1.807, 2.05) is 19.1 Å². The van der Waals surface area contributed by atoms with Crippen LogP contribution in [0.25, 0.3) is 6.08 Å². The van der Waals surface area contributed by atoms with Crippen LogP contribution in [0.3, 0.4) is 0 Å². The number of hydrogen-bond donors (Lipinski definition) is 1. The van der Waals surface area contributed by atoms with Crippen LogP contribution in [0.2, 0.25) is 0 Å². The second-order valence-corrected chi connectivity index (χ2v) is 7.04. The number of methoxy groups -OCH3 is 2. The van der Waals surface area contributed by atoms with Gasteiger partial charge in [-0.2, -0.15) is 0 Å². The number of hydrogen-bond acceptors (Lipinski definition) is 5. The summed E-state index contributed by atoms with van der Waals surface area (Å²) in [5, 5.41) is 2.75. The first kappa shape index (κ1) is 19.5. The summed E-state index contributed by atoms with van der Waals surface area (Å²) < 4.78 is 10.5. The fourth-order valence-corrected chi connectivity index (χ4v) is 3.06. The van der Waals surface area contributed by atoms with Crippen LogP contribution in [0.5, 0.6) is 11.5 Å². The van der Waals surface area contributed by atoms with Crippen molar-refractivity contribution in [3.8, 4) is 11.5 Å². The lowest BCUT2D eigenvalue weighted by Gasteiger charge is -2.17. The van der Waals surface area contributed by atoms with Crippen molar-refractivity contribution in [2.75, 3.05) is 33.6 Å². The van der Waals surface area contributed by atoms with E-state index in [1.54, 1.807) is 43.6 Å². The highest BCUT2D eigenvalue weighted by Gasteiger charge is 2.19. The fraction of sp³-hybridized carbons (Fsp3) is 0.263. The first-order valence-electron chi connectivity index (χ1n) is 7.89. The normalized spacial score (nSPS) is 10.7. The van der Waals surface area contributed by atoms with Crippen LogP contribution in [0, 0.1) is 6.92 Å². The van der Waals surface area contributed by atoms with Gasteiger partial charge in [0.15, 0.2) is 11.5 Å². The molecule has 0 spiro atoms. The monoisotopic (exact) mass is 374 g/mol. The summed E-state index contributed by atoms with van der Waals surface area (Å²) in [7, 11) is 6.27. The third kappa shape index (κ3) is 4.64. The molecular weight excluding hydrogens is 352 g/mol. The molecule has 1 heterocycles. The third-order valence-electron chi connectivity index (χ3n) is 3.58. The zero-order valence-corrected chi connectivity index (χ0v) is 16.3. The maximum Gasteiger partial charge on any atom is 0.255 e. The van der Waals surface area contributed by atoms with Gasteiger partial charge < -0.3 is 19.7 Å². The molecule has 0 aliphatic heterocycles. The van der Waals surface area contributed by atoms with Crippen LogP contribution in [0.15, 0.2) is 30.3 Å². The SMILES string of the molecule is COc1cc(NC(=O)C=Cc2ccc(C)s2)c(C(=O)N(C)C)cc1OC. The van der Waals surface area contributed by atoms with Crippen molar-refractivity contribution in [1.29, 1.82) is 0 Å². The molecule has 0 bridgehead atoms. The lowest BCUT2D eigenvalue weighted by atomic mass is 10.1. The summed E-state index contributed by atoms with van der Waals surface area (Å²) in [6.45, 7) is 2.00. The Kier molecular flexibility index (Phi) is 6.41. The van der Waals surface area contributed by atoms with Crippen molar-refractivity contribution < 1.29 is 19.1 Å². The minimum absolute atomic E-state index is 0.251. The average molecular weight is 374 g/mol. The number of amides is 2. The van der Waals surface area contributed by atoms with Gasteiger partial charge in [0.05, 0.1) is 25.5 Å². The van der Waals surface area contributed by atoms with E-state index >= 15 is 0 Å². The number of nitrogens with one attached hydrogen (secondary N) is 1. The van der Waals surface area contributed by atoms with Gasteiger partial charge in [-0.3, -0.25) is 9.59 Å². The van der Waals surface area contributed by atoms with Crippen LogP contribution in [-0.4, -0.2) is 45.0 Å². The van der Waals surface area contributed by atoms with Crippen molar-refractivity contribution in [3.63, 3.8) is 0 Å². The van der Waals surface area contributed by atoms with Crippen molar-refractivity contribution >= 4 is 34.9 Å². The zero-order valence-electron chi connectivity index (χ0n) is 15.5. The highest BCUT2D eigenvalue weighted by Crippen LogP contribution is 2.34. The summed E-state index contributed by atoms with van der Waals surface area (Å²) in [6, 6.07) is 7.07. The van der Waals surface area contributed by atoms with E-state index in [2.05, 4.69) is 5.32 Å². The van der Waals surface area contributed by atoms with Gasteiger partial charge >= 0.3 is 0 Å². The molecule has 0 saturated carbocycles. The summed E-state index contributed by atoms with van der Waals surface area (Å²) in [6.07, 6.45) is 3.17. The van der Waals surface area contributed by atoms with Gasteiger partial charge in [0, 0.05) is 36.0 Å². The molecule has 6 nitrogen and oxygen atoms in total. The zero-order chi connectivity index (χ0) is 19.3. The maximum absolute atomic E-state index is 12.5. The van der Waals surface area contributed by atoms with Gasteiger partial charge in [0.25, 0.3) is 5.91 Å². The quantitative estimate of drug-likeness (QED) is 0.787. The molecule has 2 amide bonds. The van der Waals surface area contributed by atoms with E-state index in [0.29, 0.717) is 22.7 Å². The minimum Gasteiger partial charge on any atom is -0.493 e. The lowest BCUT2D eigenvalue weighted by Crippen LogP contribution is -2.24. The molecule has 1 aromatic heterocycles. The number of aryl methyl sites for hydroxylation is 1. The van der Waals surface area contributed by atoms with Crippen molar-refractivity contribution in [2.24, 2.45) is 0 Å². The van der Waals surface area contributed by atoms with Gasteiger partial charge in [-0.25, -0.2) is 0 Å². The molecule has 7 heteroatoms. The largest absolute Gasteiger partial charge is 0.493 e. The van der Waals surface area contributed by atoms with E-state index in [0.717, 1.165) is 4.88 Å². The molecule has 0 aliphatic carbocycles. The molecule has 0 atom stereocenters. The highest BCUT2D eigenvalue weighted by molar-refractivity contribution is 7.12. The van der Waals surface area contributed by atoms with E-state index in [9.17, 15) is 9.59 Å². The number of anilines is 1. The molecule has 1 aromatic carbocycles. The molecule has 0 unspecified atom stereocenters. The third-order valence-corrected chi connectivity index (χ3v) is 4.54. The van der Waals surface area contributed by atoms with Crippen molar-refractivity contribution in [2.45, 2.75) is 6.92 Å². The number of rotatable bonds is 6. The Morgan fingerprint density at radius 1 is 1.12 bits per heavy atom. The minimum atomic E-state index is -0.337. The van der Waals surface area contributed by atoms with Crippen LogP contribution < -0.4 is 14.8 Å². The molecule has 0 saturated heterocycles. The number of carbonyl (C=O) groups excluding carboxylic acids is 2. The topological polar surface area (TPSA) is 67.9 Å². The van der Waals surface area contributed by atoms with Crippen molar-refractivity contribution in [1.82, 2.24) is 4.90 Å². The van der Waals surface area contributed by atoms with Crippen molar-refractivity contribution in [3.05, 3.63) is 45.7 Å². The summed E-state index contributed by atoms with van der Waals surface area (Å²) in [4.78, 5) is 28.3. The Morgan fingerprint density at radius 3 is 2.31 bits per heavy atom. The standard InChI is InChI=1S/C19H22N2O4S/c1-12-6-7-13(26-12)8-9-18(22)20-15-11-17(25-5)16(24-4)10-14(15)19(23)21(2)3/h6-11H,1-5H3,(H,20,22). The Morgan fingerprint density at radius 2 is 1.77 bits per heavy atom. The van der Waals surface area contributed by atoms with E-state index in [4.69, 9.17) is 9.47 Å². The van der Waals surface area contributed by atoms with Gasteiger partial charge in [-0.05, 0) is 31.2 Å². The van der Waals surface area contributed by atoms with E-state index in [-0.39, 0.29) is 11.8 Å².